The smallest absolute Gasteiger partial charge is 0.271 e. The van der Waals surface area contributed by atoms with Crippen molar-refractivity contribution in [2.45, 2.75) is 33.7 Å². The molecule has 7 nitrogen and oxygen atoms in total. The van der Waals surface area contributed by atoms with Gasteiger partial charge in [0.05, 0.1) is 35.6 Å². The Morgan fingerprint density at radius 3 is 2.46 bits per heavy atom. The van der Waals surface area contributed by atoms with E-state index in [0.717, 1.165) is 11.1 Å². The van der Waals surface area contributed by atoms with Crippen molar-refractivity contribution in [2.75, 3.05) is 26.8 Å². The van der Waals surface area contributed by atoms with Crippen LogP contribution in [-0.4, -0.2) is 42.2 Å². The van der Waals surface area contributed by atoms with Crippen LogP contribution in [0.5, 0.6) is 11.5 Å². The molecule has 1 amide bonds. The summed E-state index contributed by atoms with van der Waals surface area (Å²) in [6.45, 7) is 9.22. The van der Waals surface area contributed by atoms with E-state index in [1.807, 2.05) is 64.1 Å². The zero-order chi connectivity index (χ0) is 26.7. The molecule has 0 unspecified atom stereocenters. The number of likely N-dealkylation sites (N-methyl/N-ethyl adjacent to an activating group) is 1. The minimum absolute atomic E-state index is 0.128. The molecule has 0 radical (unpaired) electrons. The number of hydrogen-bond acceptors (Lipinski definition) is 6. The Kier molecular flexibility index (Phi) is 8.19. The number of methoxy groups -OCH3 is 1. The van der Waals surface area contributed by atoms with Crippen molar-refractivity contribution < 1.29 is 14.3 Å². The fourth-order valence-corrected chi connectivity index (χ4v) is 5.61. The monoisotopic (exact) mass is 539 g/mol. The first-order valence-electron chi connectivity index (χ1n) is 12.2. The number of ether oxygens (including phenoxy) is 2. The van der Waals surface area contributed by atoms with Gasteiger partial charge in [-0.1, -0.05) is 41.1 Å². The maximum Gasteiger partial charge on any atom is 0.271 e. The fraction of sp³-hybridized carbons (Fsp3) is 0.321. The molecule has 0 saturated heterocycles. The van der Waals surface area contributed by atoms with Gasteiger partial charge in [0.25, 0.3) is 11.5 Å². The average molecular weight is 540 g/mol. The number of rotatable bonds is 8. The van der Waals surface area contributed by atoms with E-state index in [-0.39, 0.29) is 11.5 Å². The number of benzene rings is 2. The summed E-state index contributed by atoms with van der Waals surface area (Å²) in [5.74, 6) is 1.10. The van der Waals surface area contributed by atoms with Crippen molar-refractivity contribution in [1.29, 1.82) is 0 Å². The van der Waals surface area contributed by atoms with Gasteiger partial charge in [0, 0.05) is 18.1 Å². The molecule has 0 bridgehead atoms. The van der Waals surface area contributed by atoms with Crippen molar-refractivity contribution in [3.8, 4) is 11.5 Å². The Morgan fingerprint density at radius 1 is 1.14 bits per heavy atom. The Balaban J connectivity index is 1.92. The largest absolute Gasteiger partial charge is 0.493 e. The minimum atomic E-state index is -0.612. The lowest BCUT2D eigenvalue weighted by Gasteiger charge is -2.29. The van der Waals surface area contributed by atoms with Gasteiger partial charge in [-0.05, 0) is 69.2 Å². The summed E-state index contributed by atoms with van der Waals surface area (Å²) in [4.78, 5) is 34.5. The Morgan fingerprint density at radius 2 is 1.84 bits per heavy atom. The molecule has 1 aliphatic rings. The van der Waals surface area contributed by atoms with Crippen molar-refractivity contribution in [3.05, 3.63) is 89.6 Å². The summed E-state index contributed by atoms with van der Waals surface area (Å²) in [7, 11) is 1.59. The van der Waals surface area contributed by atoms with Gasteiger partial charge in [-0.2, -0.15) is 0 Å². The summed E-state index contributed by atoms with van der Waals surface area (Å²) >= 11 is 7.46. The number of nitrogens with zero attached hydrogens (tertiary/aromatic N) is 3. The van der Waals surface area contributed by atoms with E-state index in [1.165, 1.54) is 11.3 Å². The van der Waals surface area contributed by atoms with Gasteiger partial charge in [0.15, 0.2) is 16.3 Å². The second-order valence-electron chi connectivity index (χ2n) is 8.45. The third-order valence-corrected chi connectivity index (χ3v) is 7.51. The Labute approximate surface area is 224 Å². The van der Waals surface area contributed by atoms with Crippen LogP contribution in [0.1, 0.15) is 44.9 Å². The molecule has 0 aliphatic carbocycles. The number of aromatic nitrogens is 1. The number of carbonyl (C=O) groups excluding carboxylic acids is 1. The van der Waals surface area contributed by atoms with Crippen LogP contribution in [-0.2, 0) is 4.79 Å². The molecule has 4 rings (SSSR count). The molecule has 37 heavy (non-hydrogen) atoms. The highest BCUT2D eigenvalue weighted by molar-refractivity contribution is 7.07. The second-order valence-corrected chi connectivity index (χ2v) is 9.90. The third-order valence-electron chi connectivity index (χ3n) is 6.27. The normalized spacial score (nSPS) is 15.3. The van der Waals surface area contributed by atoms with Crippen molar-refractivity contribution in [1.82, 2.24) is 9.47 Å². The zero-order valence-electron chi connectivity index (χ0n) is 21.6. The van der Waals surface area contributed by atoms with Gasteiger partial charge in [0.2, 0.25) is 0 Å². The van der Waals surface area contributed by atoms with Crippen LogP contribution in [0.25, 0.3) is 6.08 Å². The molecule has 1 aromatic heterocycles. The van der Waals surface area contributed by atoms with Gasteiger partial charge in [-0.3, -0.25) is 14.2 Å². The van der Waals surface area contributed by atoms with Gasteiger partial charge in [-0.15, -0.1) is 0 Å². The molecule has 1 atom stereocenters. The number of hydrogen-bond donors (Lipinski definition) is 0. The van der Waals surface area contributed by atoms with Gasteiger partial charge < -0.3 is 14.4 Å². The second kappa shape index (κ2) is 11.4. The first kappa shape index (κ1) is 26.7. The van der Waals surface area contributed by atoms with Gasteiger partial charge >= 0.3 is 0 Å². The highest BCUT2D eigenvalue weighted by Gasteiger charge is 2.34. The standard InChI is InChI=1S/C28H30ClN3O4S/c1-6-31(7-2)27(34)24-17(4)30-28-32(25(24)19-10-12-20(29)13-11-19)26(33)23(37-28)16-18-9-14-21(35-5)22(15-18)36-8-3/h9-16,25H,6-8H2,1-5H3/b23-16+/t25-/m1/s1. The summed E-state index contributed by atoms with van der Waals surface area (Å²) in [5.41, 5.74) is 2.48. The summed E-state index contributed by atoms with van der Waals surface area (Å²) < 4.78 is 13.2. The summed E-state index contributed by atoms with van der Waals surface area (Å²) in [6.07, 6.45) is 1.82. The lowest BCUT2D eigenvalue weighted by Crippen LogP contribution is -2.43. The molecule has 194 valence electrons. The first-order chi connectivity index (χ1) is 17.8. The van der Waals surface area contributed by atoms with Crippen LogP contribution < -0.4 is 24.4 Å². The molecule has 3 aromatic rings. The van der Waals surface area contributed by atoms with E-state index in [0.29, 0.717) is 56.8 Å². The topological polar surface area (TPSA) is 73.1 Å². The quantitative estimate of drug-likeness (QED) is 0.431. The molecule has 2 aromatic carbocycles. The molecule has 0 N–H and O–H groups in total. The molecular formula is C28H30ClN3O4S. The first-order valence-corrected chi connectivity index (χ1v) is 13.4. The lowest BCUT2D eigenvalue weighted by molar-refractivity contribution is -0.127. The SMILES string of the molecule is CCOc1cc(/C=c2/sc3n(c2=O)[C@H](c2ccc(Cl)cc2)C(C(=O)N(CC)CC)=C(C)N=3)ccc1OC. The van der Waals surface area contributed by atoms with Gasteiger partial charge in [-0.25, -0.2) is 4.99 Å². The number of thiazole rings is 1. The van der Waals surface area contributed by atoms with E-state index in [9.17, 15) is 9.59 Å². The van der Waals surface area contributed by atoms with E-state index in [4.69, 9.17) is 26.1 Å². The molecule has 0 fully saturated rings. The molecule has 0 saturated carbocycles. The predicted molar refractivity (Wildman–Crippen MR) is 147 cm³/mol. The number of halogens is 1. The molecule has 1 aliphatic heterocycles. The van der Waals surface area contributed by atoms with E-state index < -0.39 is 6.04 Å². The Hall–Kier alpha value is -3.36. The van der Waals surface area contributed by atoms with E-state index in [1.54, 1.807) is 28.7 Å². The maximum atomic E-state index is 13.8. The van der Waals surface area contributed by atoms with Crippen LogP contribution in [0.2, 0.25) is 5.02 Å². The summed E-state index contributed by atoms with van der Waals surface area (Å²) in [5, 5.41) is 0.582. The number of carbonyl (C=O) groups is 1. The minimum Gasteiger partial charge on any atom is -0.493 e. The van der Waals surface area contributed by atoms with Gasteiger partial charge in [0.1, 0.15) is 0 Å². The predicted octanol–water partition coefficient (Wildman–Crippen LogP) is 4.16. The van der Waals surface area contributed by atoms with Crippen LogP contribution in [0.15, 0.2) is 63.5 Å². The third kappa shape index (κ3) is 5.22. The highest BCUT2D eigenvalue weighted by Crippen LogP contribution is 2.32. The molecular weight excluding hydrogens is 510 g/mol. The molecule has 2 heterocycles. The van der Waals surface area contributed by atoms with Crippen LogP contribution in [0, 0.1) is 0 Å². The van der Waals surface area contributed by atoms with E-state index in [2.05, 4.69) is 0 Å². The van der Waals surface area contributed by atoms with Crippen molar-refractivity contribution >= 4 is 34.9 Å². The highest BCUT2D eigenvalue weighted by atomic mass is 35.5. The maximum absolute atomic E-state index is 13.8. The zero-order valence-corrected chi connectivity index (χ0v) is 23.2. The number of fused-ring (bicyclic) bond motifs is 1. The van der Waals surface area contributed by atoms with E-state index >= 15 is 0 Å². The fourth-order valence-electron chi connectivity index (χ4n) is 4.44. The Bertz CT molecular complexity index is 1520. The molecule has 0 spiro atoms. The van der Waals surface area contributed by atoms with Crippen LogP contribution in [0.3, 0.4) is 0 Å². The number of allylic oxidation sites excluding steroid dienone is 1. The van der Waals surface area contributed by atoms with Crippen LogP contribution >= 0.6 is 22.9 Å². The van der Waals surface area contributed by atoms with Crippen LogP contribution in [0.4, 0.5) is 0 Å². The lowest BCUT2D eigenvalue weighted by atomic mass is 9.94. The molecule has 9 heteroatoms. The average Bonchev–Trinajstić information content (AvgIpc) is 3.19. The van der Waals surface area contributed by atoms with Crippen molar-refractivity contribution in [3.63, 3.8) is 0 Å². The summed E-state index contributed by atoms with van der Waals surface area (Å²) in [6, 6.07) is 12.2. The number of amides is 1. The van der Waals surface area contributed by atoms with Crippen molar-refractivity contribution in [2.24, 2.45) is 4.99 Å².